The van der Waals surface area contributed by atoms with Gasteiger partial charge in [-0.1, -0.05) is 42.6 Å². The van der Waals surface area contributed by atoms with Crippen molar-refractivity contribution in [3.8, 4) is 11.4 Å². The fourth-order valence-corrected chi connectivity index (χ4v) is 2.75. The lowest BCUT2D eigenvalue weighted by Crippen LogP contribution is -2.10. The number of nitrogens with two attached hydrogens (primary N) is 1. The van der Waals surface area contributed by atoms with E-state index in [1.807, 2.05) is 22.9 Å². The summed E-state index contributed by atoms with van der Waals surface area (Å²) < 4.78 is 2.84. The molecule has 0 radical (unpaired) electrons. The van der Waals surface area contributed by atoms with E-state index >= 15 is 0 Å². The van der Waals surface area contributed by atoms with Crippen molar-refractivity contribution in [2.75, 3.05) is 5.73 Å². The zero-order valence-corrected chi connectivity index (χ0v) is 14.3. The van der Waals surface area contributed by atoms with Crippen molar-refractivity contribution in [1.82, 2.24) is 20.2 Å². The highest BCUT2D eigenvalue weighted by molar-refractivity contribution is 9.10. The summed E-state index contributed by atoms with van der Waals surface area (Å²) in [4.78, 5) is 0. The number of anilines is 1. The first-order valence-corrected chi connectivity index (χ1v) is 8.11. The van der Waals surface area contributed by atoms with Crippen molar-refractivity contribution >= 4 is 21.6 Å². The average Bonchev–Trinajstić information content (AvgIpc) is 2.90. The number of aromatic nitrogens is 4. The molecular weight excluding hydrogens is 330 g/mol. The molecule has 114 valence electrons. The molecule has 1 unspecified atom stereocenters. The number of nitrogen functional groups attached to an aromatic ring is 1. The van der Waals surface area contributed by atoms with Crippen LogP contribution in [0.2, 0.25) is 0 Å². The van der Waals surface area contributed by atoms with Crippen molar-refractivity contribution in [3.05, 3.63) is 22.7 Å². The Morgan fingerprint density at radius 1 is 1.24 bits per heavy atom. The highest BCUT2D eigenvalue weighted by Crippen LogP contribution is 2.30. The summed E-state index contributed by atoms with van der Waals surface area (Å²) in [5, 5.41) is 12.2. The molecule has 0 aliphatic carbocycles. The predicted molar refractivity (Wildman–Crippen MR) is 88.8 cm³/mol. The first-order valence-electron chi connectivity index (χ1n) is 7.32. The minimum Gasteiger partial charge on any atom is -0.399 e. The van der Waals surface area contributed by atoms with E-state index < -0.39 is 0 Å². The maximum atomic E-state index is 5.87. The molecule has 0 saturated heterocycles. The quantitative estimate of drug-likeness (QED) is 0.796. The van der Waals surface area contributed by atoms with Gasteiger partial charge >= 0.3 is 0 Å². The van der Waals surface area contributed by atoms with Gasteiger partial charge in [-0.05, 0) is 47.9 Å². The van der Waals surface area contributed by atoms with Gasteiger partial charge < -0.3 is 5.73 Å². The van der Waals surface area contributed by atoms with E-state index in [2.05, 4.69) is 52.2 Å². The van der Waals surface area contributed by atoms with Crippen molar-refractivity contribution in [2.24, 2.45) is 5.92 Å². The molecule has 0 spiro atoms. The van der Waals surface area contributed by atoms with Crippen LogP contribution in [0, 0.1) is 5.92 Å². The van der Waals surface area contributed by atoms with E-state index in [0.29, 0.717) is 5.69 Å². The van der Waals surface area contributed by atoms with Crippen LogP contribution < -0.4 is 5.73 Å². The minimum absolute atomic E-state index is 0.266. The monoisotopic (exact) mass is 351 g/mol. The topological polar surface area (TPSA) is 69.6 Å². The zero-order valence-electron chi connectivity index (χ0n) is 12.8. The van der Waals surface area contributed by atoms with E-state index in [0.717, 1.165) is 28.2 Å². The fraction of sp³-hybridized carbons (Fsp3) is 0.533. The van der Waals surface area contributed by atoms with Crippen LogP contribution in [-0.2, 0) is 0 Å². The number of rotatable bonds is 6. The third kappa shape index (κ3) is 4.03. The number of hydrogen-bond acceptors (Lipinski definition) is 4. The molecule has 1 aromatic heterocycles. The van der Waals surface area contributed by atoms with Gasteiger partial charge in [-0.2, -0.15) is 0 Å². The molecule has 1 aromatic carbocycles. The predicted octanol–water partition coefficient (Wildman–Crippen LogP) is 4.07. The second-order valence-electron chi connectivity index (χ2n) is 5.86. The van der Waals surface area contributed by atoms with Gasteiger partial charge in [-0.15, -0.1) is 5.10 Å². The standard InChI is InChI=1S/C15H22BrN5/c1-10(2)5-4-6-11(3)21-15(18-19-20-21)13-9-12(17)7-8-14(13)16/h7-11H,4-6,17H2,1-3H3. The lowest BCUT2D eigenvalue weighted by molar-refractivity contribution is 0.414. The molecule has 6 heteroatoms. The van der Waals surface area contributed by atoms with Crippen molar-refractivity contribution < 1.29 is 0 Å². The van der Waals surface area contributed by atoms with E-state index in [1.165, 1.54) is 12.8 Å². The summed E-state index contributed by atoms with van der Waals surface area (Å²) in [7, 11) is 0. The van der Waals surface area contributed by atoms with Gasteiger partial charge in [0.1, 0.15) is 0 Å². The molecule has 2 N–H and O–H groups in total. The molecule has 0 amide bonds. The molecule has 5 nitrogen and oxygen atoms in total. The van der Waals surface area contributed by atoms with Crippen LogP contribution in [0.15, 0.2) is 22.7 Å². The Labute approximate surface area is 134 Å². The Bertz CT molecular complexity index is 593. The molecule has 0 saturated carbocycles. The summed E-state index contributed by atoms with van der Waals surface area (Å²) in [5.41, 5.74) is 7.51. The van der Waals surface area contributed by atoms with Crippen LogP contribution in [-0.4, -0.2) is 20.2 Å². The summed E-state index contributed by atoms with van der Waals surface area (Å²) in [5.74, 6) is 1.49. The highest BCUT2D eigenvalue weighted by Gasteiger charge is 2.17. The number of halogens is 1. The third-order valence-electron chi connectivity index (χ3n) is 3.55. The van der Waals surface area contributed by atoms with Gasteiger partial charge in [0.05, 0.1) is 6.04 Å². The van der Waals surface area contributed by atoms with Crippen LogP contribution in [0.3, 0.4) is 0 Å². The van der Waals surface area contributed by atoms with E-state index in [4.69, 9.17) is 5.73 Å². The van der Waals surface area contributed by atoms with Gasteiger partial charge in [0.2, 0.25) is 0 Å². The van der Waals surface area contributed by atoms with Crippen LogP contribution >= 0.6 is 15.9 Å². The molecule has 0 bridgehead atoms. The minimum atomic E-state index is 0.266. The lowest BCUT2D eigenvalue weighted by Gasteiger charge is -2.15. The van der Waals surface area contributed by atoms with E-state index in [9.17, 15) is 0 Å². The Kier molecular flexibility index (Phi) is 5.33. The second-order valence-corrected chi connectivity index (χ2v) is 6.71. The van der Waals surface area contributed by atoms with Crippen molar-refractivity contribution in [3.63, 3.8) is 0 Å². The number of nitrogens with zero attached hydrogens (tertiary/aromatic N) is 4. The molecule has 0 fully saturated rings. The van der Waals surface area contributed by atoms with Gasteiger partial charge in [0, 0.05) is 15.7 Å². The molecule has 0 aliphatic heterocycles. The summed E-state index contributed by atoms with van der Waals surface area (Å²) in [6.07, 6.45) is 3.47. The van der Waals surface area contributed by atoms with Crippen LogP contribution in [0.1, 0.15) is 46.1 Å². The zero-order chi connectivity index (χ0) is 15.4. The Balaban J connectivity index is 2.20. The molecule has 1 heterocycles. The molecule has 2 rings (SSSR count). The maximum Gasteiger partial charge on any atom is 0.183 e. The van der Waals surface area contributed by atoms with Gasteiger partial charge in [0.15, 0.2) is 5.82 Å². The van der Waals surface area contributed by atoms with Gasteiger partial charge in [-0.25, -0.2) is 4.68 Å². The van der Waals surface area contributed by atoms with E-state index in [1.54, 1.807) is 0 Å². The lowest BCUT2D eigenvalue weighted by atomic mass is 10.0. The van der Waals surface area contributed by atoms with Crippen molar-refractivity contribution in [2.45, 2.75) is 46.1 Å². The first-order chi connectivity index (χ1) is 9.99. The SMILES string of the molecule is CC(C)CCCC(C)n1nnnc1-c1cc(N)ccc1Br. The third-order valence-corrected chi connectivity index (χ3v) is 4.24. The maximum absolute atomic E-state index is 5.87. The molecule has 2 aromatic rings. The molecule has 21 heavy (non-hydrogen) atoms. The van der Waals surface area contributed by atoms with Crippen LogP contribution in [0.4, 0.5) is 5.69 Å². The molecule has 1 atom stereocenters. The van der Waals surface area contributed by atoms with Crippen molar-refractivity contribution in [1.29, 1.82) is 0 Å². The summed E-state index contributed by atoms with van der Waals surface area (Å²) >= 11 is 3.54. The largest absolute Gasteiger partial charge is 0.399 e. The fourth-order valence-electron chi connectivity index (χ4n) is 2.33. The first kappa shape index (κ1) is 15.9. The van der Waals surface area contributed by atoms with Gasteiger partial charge in [0.25, 0.3) is 0 Å². The Morgan fingerprint density at radius 3 is 2.71 bits per heavy atom. The number of tetrazole rings is 1. The Hall–Kier alpha value is -1.43. The number of benzene rings is 1. The molecular formula is C15H22BrN5. The highest BCUT2D eigenvalue weighted by atomic mass is 79.9. The second kappa shape index (κ2) is 7.02. The normalized spacial score (nSPS) is 12.8. The molecule has 0 aliphatic rings. The Morgan fingerprint density at radius 2 is 2.00 bits per heavy atom. The smallest absolute Gasteiger partial charge is 0.183 e. The van der Waals surface area contributed by atoms with Gasteiger partial charge in [-0.3, -0.25) is 0 Å². The van der Waals surface area contributed by atoms with Crippen LogP contribution in [0.25, 0.3) is 11.4 Å². The number of hydrogen-bond donors (Lipinski definition) is 1. The summed E-state index contributed by atoms with van der Waals surface area (Å²) in [6, 6.07) is 5.94. The summed E-state index contributed by atoms with van der Waals surface area (Å²) in [6.45, 7) is 6.65. The van der Waals surface area contributed by atoms with Crippen LogP contribution in [0.5, 0.6) is 0 Å². The average molecular weight is 352 g/mol. The van der Waals surface area contributed by atoms with E-state index in [-0.39, 0.29) is 6.04 Å².